The van der Waals surface area contributed by atoms with Crippen LogP contribution in [0.4, 0.5) is 0 Å². The lowest BCUT2D eigenvalue weighted by atomic mass is 9.97. The van der Waals surface area contributed by atoms with Gasteiger partial charge in [0.15, 0.2) is 0 Å². The van der Waals surface area contributed by atoms with Crippen LogP contribution in [-0.4, -0.2) is 38.0 Å². The zero-order chi connectivity index (χ0) is 8.10. The Morgan fingerprint density at radius 1 is 1.55 bits per heavy atom. The van der Waals surface area contributed by atoms with Crippen LogP contribution in [0.15, 0.2) is 0 Å². The van der Waals surface area contributed by atoms with E-state index in [2.05, 4.69) is 17.3 Å². The number of hydrogen-bond acceptors (Lipinski definition) is 2. The van der Waals surface area contributed by atoms with Gasteiger partial charge < -0.3 is 10.2 Å². The molecule has 1 N–H and O–H groups in total. The van der Waals surface area contributed by atoms with Crippen LogP contribution in [0.1, 0.15) is 12.8 Å². The third-order valence-corrected chi connectivity index (χ3v) is 2.30. The number of amides is 1. The fourth-order valence-electron chi connectivity index (χ4n) is 1.45. The predicted molar refractivity (Wildman–Crippen MR) is 43.9 cm³/mol. The van der Waals surface area contributed by atoms with Crippen molar-refractivity contribution in [2.75, 3.05) is 26.7 Å². The first-order chi connectivity index (χ1) is 5.33. The number of piperidine rings is 1. The molecule has 1 fully saturated rings. The Balaban J connectivity index is 2.12. The lowest BCUT2D eigenvalue weighted by Gasteiger charge is -2.28. The maximum absolute atomic E-state index is 9.87. The number of nitrogens with one attached hydrogen (secondary N) is 1. The molecule has 0 bridgehead atoms. The molecule has 3 nitrogen and oxygen atoms in total. The summed E-state index contributed by atoms with van der Waals surface area (Å²) in [5.41, 5.74) is 0. The first kappa shape index (κ1) is 8.53. The van der Waals surface area contributed by atoms with Gasteiger partial charge in [-0.2, -0.15) is 0 Å². The van der Waals surface area contributed by atoms with E-state index in [1.807, 2.05) is 0 Å². The quantitative estimate of drug-likeness (QED) is 0.581. The summed E-state index contributed by atoms with van der Waals surface area (Å²) in [5, 5.41) is 2.61. The van der Waals surface area contributed by atoms with E-state index in [4.69, 9.17) is 0 Å². The smallest absolute Gasteiger partial charge is 0.309 e. The molecule has 1 amide bonds. The van der Waals surface area contributed by atoms with Crippen molar-refractivity contribution in [1.29, 1.82) is 0 Å². The van der Waals surface area contributed by atoms with Gasteiger partial charge in [-0.15, -0.1) is 0 Å². The zero-order valence-electron chi connectivity index (χ0n) is 6.97. The first-order valence-corrected chi connectivity index (χ1v) is 4.11. The molecule has 1 saturated heterocycles. The number of hydrogen-bond donors (Lipinski definition) is 1. The zero-order valence-corrected chi connectivity index (χ0v) is 6.97. The molecule has 1 heterocycles. The summed E-state index contributed by atoms with van der Waals surface area (Å²) in [4.78, 5) is 12.2. The van der Waals surface area contributed by atoms with E-state index < -0.39 is 0 Å². The molecule has 1 aliphatic rings. The van der Waals surface area contributed by atoms with Crippen molar-refractivity contribution in [3.05, 3.63) is 0 Å². The summed E-state index contributed by atoms with van der Waals surface area (Å²) >= 11 is 0. The van der Waals surface area contributed by atoms with Gasteiger partial charge in [-0.1, -0.05) is 0 Å². The monoisotopic (exact) mass is 155 g/mol. The second-order valence-electron chi connectivity index (χ2n) is 3.23. The Morgan fingerprint density at radius 2 is 2.18 bits per heavy atom. The van der Waals surface area contributed by atoms with Crippen LogP contribution < -0.4 is 5.32 Å². The van der Waals surface area contributed by atoms with Crippen LogP contribution in [-0.2, 0) is 4.79 Å². The average molecular weight is 155 g/mol. The molecule has 0 spiro atoms. The summed E-state index contributed by atoms with van der Waals surface area (Å²) in [5.74, 6) is 0.674. The van der Waals surface area contributed by atoms with Crippen molar-refractivity contribution < 1.29 is 4.79 Å². The predicted octanol–water partition coefficient (Wildman–Crippen LogP) is -0.0150. The van der Waals surface area contributed by atoms with E-state index in [-0.39, 0.29) is 0 Å². The van der Waals surface area contributed by atoms with Crippen molar-refractivity contribution >= 4 is 6.41 Å². The molecule has 1 aliphatic heterocycles. The molecular weight excluding hydrogens is 140 g/mol. The van der Waals surface area contributed by atoms with Crippen molar-refractivity contribution in [3.8, 4) is 0 Å². The van der Waals surface area contributed by atoms with E-state index in [1.54, 1.807) is 6.41 Å². The van der Waals surface area contributed by atoms with Crippen molar-refractivity contribution in [2.45, 2.75) is 12.8 Å². The Hall–Kier alpha value is -0.570. The molecule has 0 aromatic rings. The summed E-state index contributed by atoms with van der Waals surface area (Å²) < 4.78 is 0. The summed E-state index contributed by atoms with van der Waals surface area (Å²) in [7, 11) is 2.13. The van der Waals surface area contributed by atoms with Gasteiger partial charge in [-0.3, -0.25) is 4.79 Å². The van der Waals surface area contributed by atoms with E-state index in [9.17, 15) is 4.79 Å². The van der Waals surface area contributed by atoms with Crippen LogP contribution in [0.3, 0.4) is 0 Å². The van der Waals surface area contributed by atoms with E-state index in [0.717, 1.165) is 19.6 Å². The van der Waals surface area contributed by atoms with Crippen molar-refractivity contribution in [3.63, 3.8) is 0 Å². The molecular formula is C8H15N2O. The maximum atomic E-state index is 9.87. The van der Waals surface area contributed by atoms with Crippen LogP contribution in [0.25, 0.3) is 0 Å². The van der Waals surface area contributed by atoms with E-state index in [0.29, 0.717) is 5.92 Å². The Kier molecular flexibility index (Phi) is 3.36. The highest BCUT2D eigenvalue weighted by atomic mass is 16.1. The van der Waals surface area contributed by atoms with Gasteiger partial charge in [0, 0.05) is 6.54 Å². The van der Waals surface area contributed by atoms with Crippen LogP contribution >= 0.6 is 0 Å². The molecule has 0 aromatic heterocycles. The van der Waals surface area contributed by atoms with Crippen LogP contribution in [0, 0.1) is 5.92 Å². The Morgan fingerprint density at radius 3 is 2.73 bits per heavy atom. The molecule has 11 heavy (non-hydrogen) atoms. The van der Waals surface area contributed by atoms with E-state index in [1.165, 1.54) is 12.8 Å². The highest BCUT2D eigenvalue weighted by Crippen LogP contribution is 2.14. The van der Waals surface area contributed by atoms with Crippen molar-refractivity contribution in [1.82, 2.24) is 10.2 Å². The summed E-state index contributed by atoms with van der Waals surface area (Å²) in [6, 6.07) is 0. The molecule has 0 saturated carbocycles. The second-order valence-corrected chi connectivity index (χ2v) is 3.23. The lowest BCUT2D eigenvalue weighted by Crippen LogP contribution is -2.34. The average Bonchev–Trinajstić information content (AvgIpc) is 2.04. The van der Waals surface area contributed by atoms with Gasteiger partial charge in [-0.05, 0) is 38.9 Å². The maximum Gasteiger partial charge on any atom is 0.309 e. The minimum atomic E-state index is 0.674. The van der Waals surface area contributed by atoms with Crippen LogP contribution in [0.2, 0.25) is 0 Å². The molecule has 63 valence electrons. The Labute approximate surface area is 67.8 Å². The molecule has 1 radical (unpaired) electrons. The third kappa shape index (κ3) is 2.89. The first-order valence-electron chi connectivity index (χ1n) is 4.11. The standard InChI is InChI=1S/C8H15N2O/c1-10-4-2-8(3-5-10)6-9-7-11/h8H,2-6H2,1H3,(H,9,11). The topological polar surface area (TPSA) is 32.3 Å². The number of carbonyl (C=O) groups excluding carboxylic acids is 1. The summed E-state index contributed by atoms with van der Waals surface area (Å²) in [6.45, 7) is 3.12. The number of nitrogens with zero attached hydrogens (tertiary/aromatic N) is 1. The van der Waals surface area contributed by atoms with Crippen molar-refractivity contribution in [2.24, 2.45) is 5.92 Å². The van der Waals surface area contributed by atoms with Gasteiger partial charge in [0.1, 0.15) is 0 Å². The molecule has 0 aliphatic carbocycles. The largest absolute Gasteiger partial charge is 0.348 e. The molecule has 0 aromatic carbocycles. The minimum Gasteiger partial charge on any atom is -0.348 e. The fourth-order valence-corrected chi connectivity index (χ4v) is 1.45. The molecule has 3 heteroatoms. The molecule has 0 atom stereocenters. The highest BCUT2D eigenvalue weighted by molar-refractivity contribution is 5.46. The van der Waals surface area contributed by atoms with E-state index >= 15 is 0 Å². The minimum absolute atomic E-state index is 0.674. The number of rotatable bonds is 3. The highest BCUT2D eigenvalue weighted by Gasteiger charge is 2.15. The third-order valence-electron chi connectivity index (χ3n) is 2.30. The second kappa shape index (κ2) is 4.34. The van der Waals surface area contributed by atoms with Gasteiger partial charge in [0.2, 0.25) is 0 Å². The van der Waals surface area contributed by atoms with Crippen LogP contribution in [0.5, 0.6) is 0 Å². The van der Waals surface area contributed by atoms with Gasteiger partial charge in [0.25, 0.3) is 0 Å². The Bertz CT molecular complexity index is 119. The number of likely N-dealkylation sites (tertiary alicyclic amines) is 1. The molecule has 0 unspecified atom stereocenters. The molecule has 1 rings (SSSR count). The lowest BCUT2D eigenvalue weighted by molar-refractivity contribution is 0.220. The van der Waals surface area contributed by atoms with Gasteiger partial charge >= 0.3 is 6.41 Å². The van der Waals surface area contributed by atoms with Gasteiger partial charge in [0.05, 0.1) is 0 Å². The summed E-state index contributed by atoms with van der Waals surface area (Å²) in [6.07, 6.45) is 4.11. The SMILES string of the molecule is CN1CCC(CN[C]=O)CC1. The fraction of sp³-hybridized carbons (Fsp3) is 0.875. The van der Waals surface area contributed by atoms with Gasteiger partial charge in [-0.25, -0.2) is 0 Å². The normalized spacial score (nSPS) is 21.5.